The van der Waals surface area contributed by atoms with Crippen LogP contribution in [0.1, 0.15) is 24.1 Å². The zero-order chi connectivity index (χ0) is 12.4. The monoisotopic (exact) mass is 237 g/mol. The van der Waals surface area contributed by atoms with Crippen LogP contribution in [0.2, 0.25) is 0 Å². The second-order valence-corrected chi connectivity index (χ2v) is 4.11. The third-order valence-electron chi connectivity index (χ3n) is 2.61. The van der Waals surface area contributed by atoms with E-state index in [2.05, 4.69) is 15.3 Å². The van der Waals surface area contributed by atoms with E-state index in [1.807, 2.05) is 0 Å². The summed E-state index contributed by atoms with van der Waals surface area (Å²) >= 11 is 0. The number of carbonyl (C=O) groups is 1. The zero-order valence-electron chi connectivity index (χ0n) is 9.86. The van der Waals surface area contributed by atoms with Gasteiger partial charge in [-0.1, -0.05) is 0 Å². The third-order valence-corrected chi connectivity index (χ3v) is 2.61. The standard InChI is InChI=1S/C11H15N3O3/c1-6-8(5-9(15)16)10(17-2)14-11(12-6)13-7-3-4-7/h7H,3-5H2,1-2H3,(H,15,16)(H,12,13,14). The van der Waals surface area contributed by atoms with Crippen LogP contribution < -0.4 is 10.1 Å². The number of methoxy groups -OCH3 is 1. The molecular formula is C11H15N3O3. The Morgan fingerprint density at radius 2 is 2.24 bits per heavy atom. The zero-order valence-corrected chi connectivity index (χ0v) is 9.86. The quantitative estimate of drug-likeness (QED) is 0.794. The first-order valence-corrected chi connectivity index (χ1v) is 5.50. The number of rotatable bonds is 5. The van der Waals surface area contributed by atoms with Crippen LogP contribution in [0.15, 0.2) is 0 Å². The fourth-order valence-corrected chi connectivity index (χ4v) is 1.57. The van der Waals surface area contributed by atoms with E-state index in [1.54, 1.807) is 6.92 Å². The van der Waals surface area contributed by atoms with E-state index in [9.17, 15) is 4.79 Å². The molecular weight excluding hydrogens is 222 g/mol. The molecule has 0 amide bonds. The van der Waals surface area contributed by atoms with E-state index in [-0.39, 0.29) is 6.42 Å². The number of carboxylic acids is 1. The molecule has 2 rings (SSSR count). The maximum atomic E-state index is 10.7. The largest absolute Gasteiger partial charge is 0.481 e. The summed E-state index contributed by atoms with van der Waals surface area (Å²) in [6, 6.07) is 0.449. The third kappa shape index (κ3) is 2.83. The second kappa shape index (κ2) is 4.57. The SMILES string of the molecule is COc1nc(NC2CC2)nc(C)c1CC(=O)O. The molecule has 0 bridgehead atoms. The van der Waals surface area contributed by atoms with Crippen LogP contribution in [0, 0.1) is 6.92 Å². The molecule has 0 aliphatic heterocycles. The molecule has 17 heavy (non-hydrogen) atoms. The van der Waals surface area contributed by atoms with Crippen molar-refractivity contribution in [2.75, 3.05) is 12.4 Å². The molecule has 6 heteroatoms. The molecule has 0 unspecified atom stereocenters. The van der Waals surface area contributed by atoms with E-state index in [0.717, 1.165) is 12.8 Å². The summed E-state index contributed by atoms with van der Waals surface area (Å²) in [5.74, 6) is -0.0723. The number of aryl methyl sites for hydroxylation is 1. The number of ether oxygens (including phenoxy) is 1. The van der Waals surface area contributed by atoms with Gasteiger partial charge < -0.3 is 15.2 Å². The molecule has 6 nitrogen and oxygen atoms in total. The van der Waals surface area contributed by atoms with Crippen molar-refractivity contribution in [3.63, 3.8) is 0 Å². The van der Waals surface area contributed by atoms with Crippen molar-refractivity contribution in [1.82, 2.24) is 9.97 Å². The summed E-state index contributed by atoms with van der Waals surface area (Å²) < 4.78 is 5.12. The van der Waals surface area contributed by atoms with E-state index in [1.165, 1.54) is 7.11 Å². The molecule has 2 N–H and O–H groups in total. The molecule has 0 spiro atoms. The summed E-state index contributed by atoms with van der Waals surface area (Å²) in [5, 5.41) is 12.0. The van der Waals surface area contributed by atoms with Crippen molar-refractivity contribution in [2.45, 2.75) is 32.2 Å². The van der Waals surface area contributed by atoms with Gasteiger partial charge in [-0.25, -0.2) is 4.98 Å². The molecule has 0 aromatic carbocycles. The lowest BCUT2D eigenvalue weighted by atomic mass is 10.1. The highest BCUT2D eigenvalue weighted by molar-refractivity contribution is 5.71. The van der Waals surface area contributed by atoms with Gasteiger partial charge in [0.2, 0.25) is 11.8 Å². The van der Waals surface area contributed by atoms with Crippen molar-refractivity contribution in [3.05, 3.63) is 11.3 Å². The molecule has 1 aromatic heterocycles. The summed E-state index contributed by atoms with van der Waals surface area (Å²) in [6.45, 7) is 1.76. The average molecular weight is 237 g/mol. The van der Waals surface area contributed by atoms with E-state index < -0.39 is 5.97 Å². The normalized spacial score (nSPS) is 14.5. The smallest absolute Gasteiger partial charge is 0.308 e. The van der Waals surface area contributed by atoms with Gasteiger partial charge in [-0.3, -0.25) is 4.79 Å². The Balaban J connectivity index is 2.28. The van der Waals surface area contributed by atoms with Gasteiger partial charge in [-0.05, 0) is 19.8 Å². The Kier molecular flexibility index (Phi) is 3.12. The molecule has 1 fully saturated rings. The highest BCUT2D eigenvalue weighted by Gasteiger charge is 2.23. The van der Waals surface area contributed by atoms with Gasteiger partial charge in [0.1, 0.15) is 0 Å². The minimum Gasteiger partial charge on any atom is -0.481 e. The van der Waals surface area contributed by atoms with E-state index in [0.29, 0.717) is 29.1 Å². The lowest BCUT2D eigenvalue weighted by Gasteiger charge is -2.11. The highest BCUT2D eigenvalue weighted by Crippen LogP contribution is 2.26. The topological polar surface area (TPSA) is 84.3 Å². The van der Waals surface area contributed by atoms with Gasteiger partial charge in [-0.2, -0.15) is 4.98 Å². The number of aliphatic carboxylic acids is 1. The number of hydrogen-bond acceptors (Lipinski definition) is 5. The average Bonchev–Trinajstić information content (AvgIpc) is 3.05. The first kappa shape index (κ1) is 11.6. The Labute approximate surface area is 99.0 Å². The highest BCUT2D eigenvalue weighted by atomic mass is 16.5. The van der Waals surface area contributed by atoms with Crippen LogP contribution in [0.4, 0.5) is 5.95 Å². The van der Waals surface area contributed by atoms with Crippen LogP contribution in [0.25, 0.3) is 0 Å². The number of aromatic nitrogens is 2. The van der Waals surface area contributed by atoms with Gasteiger partial charge in [0.05, 0.1) is 19.2 Å². The lowest BCUT2D eigenvalue weighted by molar-refractivity contribution is -0.136. The van der Waals surface area contributed by atoms with Crippen LogP contribution in [0.5, 0.6) is 5.88 Å². The minimum absolute atomic E-state index is 0.126. The molecule has 1 heterocycles. The predicted octanol–water partition coefficient (Wildman–Crippen LogP) is 0.995. The van der Waals surface area contributed by atoms with Crippen molar-refractivity contribution in [3.8, 4) is 5.88 Å². The molecule has 0 radical (unpaired) electrons. The van der Waals surface area contributed by atoms with Crippen LogP contribution >= 0.6 is 0 Å². The summed E-state index contributed by atoms with van der Waals surface area (Å²) in [5.41, 5.74) is 1.17. The molecule has 0 saturated heterocycles. The Morgan fingerprint density at radius 1 is 1.53 bits per heavy atom. The van der Waals surface area contributed by atoms with Gasteiger partial charge >= 0.3 is 5.97 Å². The Morgan fingerprint density at radius 3 is 2.76 bits per heavy atom. The van der Waals surface area contributed by atoms with E-state index in [4.69, 9.17) is 9.84 Å². The lowest BCUT2D eigenvalue weighted by Crippen LogP contribution is -2.12. The van der Waals surface area contributed by atoms with Crippen molar-refractivity contribution >= 4 is 11.9 Å². The Hall–Kier alpha value is -1.85. The van der Waals surface area contributed by atoms with Gasteiger partial charge in [0.15, 0.2) is 0 Å². The van der Waals surface area contributed by atoms with Crippen LogP contribution in [-0.2, 0) is 11.2 Å². The van der Waals surface area contributed by atoms with Crippen LogP contribution in [-0.4, -0.2) is 34.2 Å². The van der Waals surface area contributed by atoms with Crippen molar-refractivity contribution in [1.29, 1.82) is 0 Å². The second-order valence-electron chi connectivity index (χ2n) is 4.11. The molecule has 1 aliphatic carbocycles. The molecule has 1 aliphatic rings. The fraction of sp³-hybridized carbons (Fsp3) is 0.545. The molecule has 92 valence electrons. The maximum Gasteiger partial charge on any atom is 0.308 e. The number of hydrogen-bond donors (Lipinski definition) is 2. The molecule has 0 atom stereocenters. The Bertz CT molecular complexity index is 444. The maximum absolute atomic E-state index is 10.7. The number of nitrogens with one attached hydrogen (secondary N) is 1. The first-order chi connectivity index (χ1) is 8.10. The molecule has 1 saturated carbocycles. The van der Waals surface area contributed by atoms with Crippen LogP contribution in [0.3, 0.4) is 0 Å². The summed E-state index contributed by atoms with van der Waals surface area (Å²) in [7, 11) is 1.48. The van der Waals surface area contributed by atoms with Gasteiger partial charge in [0, 0.05) is 11.6 Å². The van der Waals surface area contributed by atoms with Gasteiger partial charge in [0.25, 0.3) is 0 Å². The summed E-state index contributed by atoms with van der Waals surface area (Å²) in [4.78, 5) is 19.2. The first-order valence-electron chi connectivity index (χ1n) is 5.50. The number of carboxylic acid groups (broad SMARTS) is 1. The minimum atomic E-state index is -0.919. The van der Waals surface area contributed by atoms with Crippen molar-refractivity contribution in [2.24, 2.45) is 0 Å². The van der Waals surface area contributed by atoms with E-state index >= 15 is 0 Å². The number of anilines is 1. The predicted molar refractivity (Wildman–Crippen MR) is 61.3 cm³/mol. The molecule has 1 aromatic rings. The van der Waals surface area contributed by atoms with Gasteiger partial charge in [-0.15, -0.1) is 0 Å². The summed E-state index contributed by atoms with van der Waals surface area (Å²) in [6.07, 6.45) is 2.13. The number of nitrogens with zero attached hydrogens (tertiary/aromatic N) is 2. The van der Waals surface area contributed by atoms with Crippen molar-refractivity contribution < 1.29 is 14.6 Å². The fourth-order valence-electron chi connectivity index (χ4n) is 1.57.